The van der Waals surface area contributed by atoms with Crippen molar-refractivity contribution in [2.45, 2.75) is 12.6 Å². The van der Waals surface area contributed by atoms with Gasteiger partial charge in [0.2, 0.25) is 0 Å². The topological polar surface area (TPSA) is 20.2 Å². The van der Waals surface area contributed by atoms with E-state index < -0.39 is 31.8 Å². The van der Waals surface area contributed by atoms with Crippen LogP contribution in [0.1, 0.15) is 6.42 Å². The Kier molecular flexibility index (Phi) is 3.63. The molecular weight excluding hydrogens is 152 g/mol. The Hall–Kier alpha value is -0.320. The number of aliphatic hydroxyl groups excluding tert-OH is 1. The summed E-state index contributed by atoms with van der Waals surface area (Å²) >= 11 is 0. The maximum atomic E-state index is 11.5. The molecule has 1 N–H and O–H groups in total. The van der Waals surface area contributed by atoms with Crippen molar-refractivity contribution in [1.29, 1.82) is 0 Å². The first-order valence-corrected chi connectivity index (χ1v) is 2.73. The molecule has 0 aliphatic heterocycles. The molecular formula is C5H8F4O. The molecule has 62 valence electrons. The highest BCUT2D eigenvalue weighted by atomic mass is 19.4. The molecule has 1 nitrogen and oxygen atoms in total. The van der Waals surface area contributed by atoms with E-state index in [2.05, 4.69) is 0 Å². The Morgan fingerprint density at radius 3 is 1.90 bits per heavy atom. The van der Waals surface area contributed by atoms with Gasteiger partial charge in [-0.3, -0.25) is 4.39 Å². The summed E-state index contributed by atoms with van der Waals surface area (Å²) in [4.78, 5) is 0. The quantitative estimate of drug-likeness (QED) is 0.620. The third-order valence-corrected chi connectivity index (χ3v) is 0.997. The summed E-state index contributed by atoms with van der Waals surface area (Å²) < 4.78 is 45.7. The van der Waals surface area contributed by atoms with E-state index in [0.717, 1.165) is 0 Å². The molecule has 0 radical (unpaired) electrons. The van der Waals surface area contributed by atoms with Gasteiger partial charge in [-0.1, -0.05) is 0 Å². The van der Waals surface area contributed by atoms with Crippen LogP contribution in [0.5, 0.6) is 0 Å². The maximum Gasteiger partial charge on any atom is 0.389 e. The van der Waals surface area contributed by atoms with Crippen molar-refractivity contribution in [3.63, 3.8) is 0 Å². The fourth-order valence-electron chi connectivity index (χ4n) is 0.495. The van der Waals surface area contributed by atoms with Gasteiger partial charge in [-0.25, -0.2) is 0 Å². The highest BCUT2D eigenvalue weighted by Gasteiger charge is 2.31. The average Bonchev–Trinajstić information content (AvgIpc) is 1.81. The molecule has 0 spiro atoms. The van der Waals surface area contributed by atoms with Crippen molar-refractivity contribution in [3.8, 4) is 0 Å². The number of alkyl halides is 4. The van der Waals surface area contributed by atoms with E-state index >= 15 is 0 Å². The minimum absolute atomic E-state index is 0.754. The zero-order valence-corrected chi connectivity index (χ0v) is 5.16. The smallest absolute Gasteiger partial charge is 0.389 e. The Balaban J connectivity index is 3.63. The van der Waals surface area contributed by atoms with E-state index in [1.54, 1.807) is 0 Å². The van der Waals surface area contributed by atoms with Gasteiger partial charge in [-0.05, 0) is 0 Å². The fraction of sp³-hybridized carbons (Fsp3) is 1.00. The summed E-state index contributed by atoms with van der Waals surface area (Å²) in [6.07, 6.45) is -5.63. The Bertz CT molecular complexity index is 86.1. The SMILES string of the molecule is OCC(CF)CC(F)(F)F. The molecule has 0 saturated carbocycles. The van der Waals surface area contributed by atoms with Gasteiger partial charge in [0.1, 0.15) is 0 Å². The molecule has 0 heterocycles. The predicted molar refractivity (Wildman–Crippen MR) is 27.2 cm³/mol. The van der Waals surface area contributed by atoms with Crippen molar-refractivity contribution in [2.24, 2.45) is 5.92 Å². The lowest BCUT2D eigenvalue weighted by Gasteiger charge is -2.11. The maximum absolute atomic E-state index is 11.5. The summed E-state index contributed by atoms with van der Waals surface area (Å²) in [5.41, 5.74) is 0. The summed E-state index contributed by atoms with van der Waals surface area (Å²) in [6, 6.07) is 0. The largest absolute Gasteiger partial charge is 0.396 e. The van der Waals surface area contributed by atoms with Gasteiger partial charge >= 0.3 is 6.18 Å². The summed E-state index contributed by atoms with van der Waals surface area (Å²) in [6.45, 7) is -1.88. The van der Waals surface area contributed by atoms with Gasteiger partial charge in [0, 0.05) is 12.5 Å². The highest BCUT2D eigenvalue weighted by molar-refractivity contribution is 4.61. The van der Waals surface area contributed by atoms with E-state index in [1.165, 1.54) is 0 Å². The van der Waals surface area contributed by atoms with Crippen molar-refractivity contribution in [2.75, 3.05) is 13.3 Å². The second-order valence-electron chi connectivity index (χ2n) is 2.02. The lowest BCUT2D eigenvalue weighted by molar-refractivity contribution is -0.148. The van der Waals surface area contributed by atoms with Gasteiger partial charge in [0.25, 0.3) is 0 Å². The molecule has 0 aliphatic carbocycles. The van der Waals surface area contributed by atoms with E-state index in [-0.39, 0.29) is 0 Å². The molecule has 0 rings (SSSR count). The highest BCUT2D eigenvalue weighted by Crippen LogP contribution is 2.24. The van der Waals surface area contributed by atoms with Crippen LogP contribution >= 0.6 is 0 Å². The van der Waals surface area contributed by atoms with Gasteiger partial charge in [0.05, 0.1) is 13.1 Å². The normalized spacial score (nSPS) is 15.3. The van der Waals surface area contributed by atoms with Crippen LogP contribution in [-0.2, 0) is 0 Å². The van der Waals surface area contributed by atoms with Crippen LogP contribution in [0.25, 0.3) is 0 Å². The van der Waals surface area contributed by atoms with Crippen LogP contribution in [0.4, 0.5) is 17.6 Å². The number of hydrogen-bond donors (Lipinski definition) is 1. The molecule has 0 amide bonds. The monoisotopic (exact) mass is 160 g/mol. The van der Waals surface area contributed by atoms with E-state index in [9.17, 15) is 17.6 Å². The molecule has 1 unspecified atom stereocenters. The van der Waals surface area contributed by atoms with E-state index in [4.69, 9.17) is 5.11 Å². The fourth-order valence-corrected chi connectivity index (χ4v) is 0.495. The van der Waals surface area contributed by atoms with Crippen LogP contribution < -0.4 is 0 Å². The van der Waals surface area contributed by atoms with Crippen LogP contribution in [0.15, 0.2) is 0 Å². The van der Waals surface area contributed by atoms with Crippen molar-refractivity contribution < 1.29 is 22.7 Å². The lowest BCUT2D eigenvalue weighted by atomic mass is 10.1. The molecule has 0 bridgehead atoms. The number of aliphatic hydroxyl groups is 1. The van der Waals surface area contributed by atoms with Crippen LogP contribution in [0.3, 0.4) is 0 Å². The molecule has 10 heavy (non-hydrogen) atoms. The number of rotatable bonds is 3. The first-order valence-electron chi connectivity index (χ1n) is 2.73. The van der Waals surface area contributed by atoms with Gasteiger partial charge in [0.15, 0.2) is 0 Å². The Morgan fingerprint density at radius 1 is 1.30 bits per heavy atom. The van der Waals surface area contributed by atoms with Gasteiger partial charge in [-0.2, -0.15) is 13.2 Å². The summed E-state index contributed by atoms with van der Waals surface area (Å²) in [5.74, 6) is -1.29. The molecule has 0 fully saturated rings. The predicted octanol–water partition coefficient (Wildman–Crippen LogP) is 1.52. The molecule has 0 aromatic carbocycles. The molecule has 5 heteroatoms. The summed E-state index contributed by atoms with van der Waals surface area (Å²) in [5, 5.41) is 8.15. The average molecular weight is 160 g/mol. The Morgan fingerprint density at radius 2 is 1.80 bits per heavy atom. The zero-order chi connectivity index (χ0) is 8.20. The second-order valence-corrected chi connectivity index (χ2v) is 2.02. The third kappa shape index (κ3) is 4.55. The van der Waals surface area contributed by atoms with Gasteiger partial charge < -0.3 is 5.11 Å². The standard InChI is InChI=1S/C5H8F4O/c6-2-4(3-10)1-5(7,8)9/h4,10H,1-3H2. The first kappa shape index (κ1) is 9.68. The minimum atomic E-state index is -4.38. The number of halogens is 4. The zero-order valence-electron chi connectivity index (χ0n) is 5.16. The molecule has 0 saturated heterocycles. The van der Waals surface area contributed by atoms with Crippen molar-refractivity contribution >= 4 is 0 Å². The minimum Gasteiger partial charge on any atom is -0.396 e. The molecule has 0 aromatic rings. The molecule has 1 atom stereocenters. The van der Waals surface area contributed by atoms with Crippen molar-refractivity contribution in [3.05, 3.63) is 0 Å². The third-order valence-electron chi connectivity index (χ3n) is 0.997. The second kappa shape index (κ2) is 3.75. The van der Waals surface area contributed by atoms with E-state index in [0.29, 0.717) is 0 Å². The van der Waals surface area contributed by atoms with Crippen LogP contribution in [-0.4, -0.2) is 24.6 Å². The Labute approximate surface area is 55.7 Å². The lowest BCUT2D eigenvalue weighted by Crippen LogP contribution is -2.19. The first-order chi connectivity index (χ1) is 4.49. The summed E-state index contributed by atoms with van der Waals surface area (Å²) in [7, 11) is 0. The van der Waals surface area contributed by atoms with E-state index in [1.807, 2.05) is 0 Å². The van der Waals surface area contributed by atoms with Gasteiger partial charge in [-0.15, -0.1) is 0 Å². The molecule has 0 aliphatic rings. The van der Waals surface area contributed by atoms with Crippen molar-refractivity contribution in [1.82, 2.24) is 0 Å². The number of hydrogen-bond acceptors (Lipinski definition) is 1. The van der Waals surface area contributed by atoms with Crippen LogP contribution in [0, 0.1) is 5.92 Å². The van der Waals surface area contributed by atoms with Crippen LogP contribution in [0.2, 0.25) is 0 Å². The molecule has 0 aromatic heterocycles.